The first kappa shape index (κ1) is 21.9. The largest absolute Gasteiger partial charge is 0.497 e. The van der Waals surface area contributed by atoms with Gasteiger partial charge in [-0.25, -0.2) is 4.79 Å². The van der Waals surface area contributed by atoms with E-state index in [1.54, 1.807) is 24.1 Å². The lowest BCUT2D eigenvalue weighted by molar-refractivity contribution is -0.133. The van der Waals surface area contributed by atoms with E-state index >= 15 is 0 Å². The maximum Gasteiger partial charge on any atom is 0.325 e. The molecular weight excluding hydrogens is 406 g/mol. The Morgan fingerprint density at radius 1 is 1.03 bits per heavy atom. The summed E-state index contributed by atoms with van der Waals surface area (Å²) in [5.41, 5.74) is 3.65. The van der Waals surface area contributed by atoms with Crippen LogP contribution < -0.4 is 10.1 Å². The van der Waals surface area contributed by atoms with Gasteiger partial charge in [0.2, 0.25) is 0 Å². The van der Waals surface area contributed by atoms with Crippen LogP contribution in [0, 0.1) is 20.8 Å². The third-order valence-electron chi connectivity index (χ3n) is 6.65. The van der Waals surface area contributed by atoms with Gasteiger partial charge in [0.1, 0.15) is 11.3 Å². The highest BCUT2D eigenvalue weighted by Crippen LogP contribution is 2.32. The van der Waals surface area contributed by atoms with Crippen molar-refractivity contribution in [3.05, 3.63) is 64.2 Å². The standard InChI is InChI=1S/C25H29N3O4/c1-16-5-6-17(2)19(13-16)15-28-23(30)25(26-24(28)31)9-11-27(12-10-25)22(29)21-8-7-20(32-4)14-18(21)3/h5-8,13-14H,9-12,15H2,1-4H3,(H,26,31). The van der Waals surface area contributed by atoms with Crippen LogP contribution in [0.1, 0.15) is 45.5 Å². The van der Waals surface area contributed by atoms with Crippen molar-refractivity contribution < 1.29 is 19.1 Å². The van der Waals surface area contributed by atoms with Gasteiger partial charge in [0, 0.05) is 18.7 Å². The molecule has 2 fully saturated rings. The topological polar surface area (TPSA) is 79.0 Å². The maximum absolute atomic E-state index is 13.3. The second-order valence-electron chi connectivity index (χ2n) is 8.81. The fourth-order valence-corrected chi connectivity index (χ4v) is 4.56. The smallest absolute Gasteiger partial charge is 0.325 e. The summed E-state index contributed by atoms with van der Waals surface area (Å²) >= 11 is 0. The van der Waals surface area contributed by atoms with E-state index < -0.39 is 5.54 Å². The lowest BCUT2D eigenvalue weighted by Gasteiger charge is -2.37. The molecule has 0 atom stereocenters. The van der Waals surface area contributed by atoms with Crippen LogP contribution in [0.4, 0.5) is 4.79 Å². The molecule has 0 saturated carbocycles. The van der Waals surface area contributed by atoms with Crippen LogP contribution in [-0.4, -0.2) is 53.4 Å². The summed E-state index contributed by atoms with van der Waals surface area (Å²) in [7, 11) is 1.59. The minimum Gasteiger partial charge on any atom is -0.497 e. The summed E-state index contributed by atoms with van der Waals surface area (Å²) in [4.78, 5) is 42.1. The molecule has 7 heteroatoms. The van der Waals surface area contributed by atoms with E-state index in [4.69, 9.17) is 4.74 Å². The van der Waals surface area contributed by atoms with Gasteiger partial charge >= 0.3 is 6.03 Å². The first-order valence-electron chi connectivity index (χ1n) is 10.9. The summed E-state index contributed by atoms with van der Waals surface area (Å²) in [6, 6.07) is 11.1. The Morgan fingerprint density at radius 2 is 1.75 bits per heavy atom. The molecule has 2 aromatic carbocycles. The molecule has 2 aromatic rings. The average molecular weight is 436 g/mol. The molecule has 0 unspecified atom stereocenters. The second-order valence-corrected chi connectivity index (χ2v) is 8.81. The number of urea groups is 1. The Morgan fingerprint density at radius 3 is 2.41 bits per heavy atom. The number of carbonyl (C=O) groups is 3. The molecule has 0 aromatic heterocycles. The summed E-state index contributed by atoms with van der Waals surface area (Å²) < 4.78 is 5.22. The van der Waals surface area contributed by atoms with Crippen molar-refractivity contribution in [2.24, 2.45) is 0 Å². The molecule has 4 amide bonds. The van der Waals surface area contributed by atoms with Crippen molar-refractivity contribution >= 4 is 17.8 Å². The molecule has 0 aliphatic carbocycles. The molecule has 32 heavy (non-hydrogen) atoms. The third kappa shape index (κ3) is 3.83. The summed E-state index contributed by atoms with van der Waals surface area (Å²) in [6.45, 7) is 6.93. The number of carbonyl (C=O) groups excluding carboxylic acids is 3. The highest BCUT2D eigenvalue weighted by atomic mass is 16.5. The number of amides is 4. The van der Waals surface area contributed by atoms with Crippen molar-refractivity contribution in [1.82, 2.24) is 15.1 Å². The Bertz CT molecular complexity index is 1090. The molecule has 2 heterocycles. The van der Waals surface area contributed by atoms with Crippen LogP contribution in [0.5, 0.6) is 5.75 Å². The summed E-state index contributed by atoms with van der Waals surface area (Å²) in [5.74, 6) is 0.444. The Hall–Kier alpha value is -3.35. The molecule has 4 rings (SSSR count). The van der Waals surface area contributed by atoms with Crippen LogP contribution in [0.15, 0.2) is 36.4 Å². The van der Waals surface area contributed by atoms with E-state index in [0.717, 1.165) is 22.3 Å². The number of ether oxygens (including phenoxy) is 1. The van der Waals surface area contributed by atoms with Crippen LogP contribution >= 0.6 is 0 Å². The quantitative estimate of drug-likeness (QED) is 0.747. The van der Waals surface area contributed by atoms with E-state index in [9.17, 15) is 14.4 Å². The number of rotatable bonds is 4. The van der Waals surface area contributed by atoms with Gasteiger partial charge in [0.15, 0.2) is 0 Å². The van der Waals surface area contributed by atoms with Gasteiger partial charge in [-0.15, -0.1) is 0 Å². The lowest BCUT2D eigenvalue weighted by Crippen LogP contribution is -2.55. The molecule has 1 spiro atoms. The van der Waals surface area contributed by atoms with Crippen LogP contribution in [0.25, 0.3) is 0 Å². The molecule has 2 aliphatic heterocycles. The van der Waals surface area contributed by atoms with Crippen molar-refractivity contribution in [2.45, 2.75) is 45.7 Å². The predicted octanol–water partition coefficient (Wildman–Crippen LogP) is 3.35. The second kappa shape index (κ2) is 8.30. The van der Waals surface area contributed by atoms with Gasteiger partial charge in [-0.3, -0.25) is 14.5 Å². The van der Waals surface area contributed by atoms with Gasteiger partial charge < -0.3 is 15.0 Å². The van der Waals surface area contributed by atoms with E-state index in [2.05, 4.69) is 5.32 Å². The van der Waals surface area contributed by atoms with Gasteiger partial charge in [-0.05, 0) is 68.5 Å². The van der Waals surface area contributed by atoms with Crippen LogP contribution in [0.3, 0.4) is 0 Å². The zero-order valence-corrected chi connectivity index (χ0v) is 19.0. The van der Waals surface area contributed by atoms with Gasteiger partial charge in [-0.2, -0.15) is 0 Å². The third-order valence-corrected chi connectivity index (χ3v) is 6.65. The fraction of sp³-hybridized carbons (Fsp3) is 0.400. The highest BCUT2D eigenvalue weighted by molar-refractivity contribution is 6.07. The minimum atomic E-state index is -0.930. The zero-order valence-electron chi connectivity index (χ0n) is 19.0. The van der Waals surface area contributed by atoms with Crippen molar-refractivity contribution in [1.29, 1.82) is 0 Å². The Balaban J connectivity index is 1.46. The number of piperidine rings is 1. The number of imide groups is 1. The van der Waals surface area contributed by atoms with Gasteiger partial charge in [-0.1, -0.05) is 23.8 Å². The van der Waals surface area contributed by atoms with Gasteiger partial charge in [0.25, 0.3) is 11.8 Å². The molecule has 2 saturated heterocycles. The van der Waals surface area contributed by atoms with Crippen molar-refractivity contribution in [3.63, 3.8) is 0 Å². The summed E-state index contributed by atoms with van der Waals surface area (Å²) in [5, 5.41) is 2.93. The lowest BCUT2D eigenvalue weighted by atomic mass is 9.87. The predicted molar refractivity (Wildman–Crippen MR) is 121 cm³/mol. The number of likely N-dealkylation sites (tertiary alicyclic amines) is 1. The summed E-state index contributed by atoms with van der Waals surface area (Å²) in [6.07, 6.45) is 0.809. The van der Waals surface area contributed by atoms with E-state index in [-0.39, 0.29) is 24.4 Å². The van der Waals surface area contributed by atoms with Crippen molar-refractivity contribution in [3.8, 4) is 5.75 Å². The van der Waals surface area contributed by atoms with E-state index in [1.807, 2.05) is 45.0 Å². The van der Waals surface area contributed by atoms with Crippen molar-refractivity contribution in [2.75, 3.05) is 20.2 Å². The molecule has 2 aliphatic rings. The zero-order chi connectivity index (χ0) is 23.0. The van der Waals surface area contributed by atoms with Crippen LogP contribution in [-0.2, 0) is 11.3 Å². The number of nitrogens with one attached hydrogen (secondary N) is 1. The normalized spacial score (nSPS) is 17.6. The number of hydrogen-bond acceptors (Lipinski definition) is 4. The van der Waals surface area contributed by atoms with E-state index in [1.165, 1.54) is 4.90 Å². The van der Waals surface area contributed by atoms with Gasteiger partial charge in [0.05, 0.1) is 13.7 Å². The average Bonchev–Trinajstić information content (AvgIpc) is 3.00. The molecule has 1 N–H and O–H groups in total. The number of aryl methyl sites for hydroxylation is 3. The monoisotopic (exact) mass is 435 g/mol. The number of methoxy groups -OCH3 is 1. The Kier molecular flexibility index (Phi) is 5.67. The fourth-order valence-electron chi connectivity index (χ4n) is 4.56. The highest BCUT2D eigenvalue weighted by Gasteiger charge is 2.52. The molecule has 0 bridgehead atoms. The number of nitrogens with zero attached hydrogens (tertiary/aromatic N) is 2. The number of hydrogen-bond donors (Lipinski definition) is 1. The minimum absolute atomic E-state index is 0.0657. The first-order chi connectivity index (χ1) is 15.2. The maximum atomic E-state index is 13.3. The van der Waals surface area contributed by atoms with E-state index in [0.29, 0.717) is 37.2 Å². The van der Waals surface area contributed by atoms with Crippen LogP contribution in [0.2, 0.25) is 0 Å². The molecule has 0 radical (unpaired) electrons. The molecule has 168 valence electrons. The number of benzene rings is 2. The Labute approximate surface area is 188 Å². The SMILES string of the molecule is COc1ccc(C(=O)N2CCC3(CC2)NC(=O)N(Cc2cc(C)ccc2C)C3=O)c(C)c1. The molecular formula is C25H29N3O4. The first-order valence-corrected chi connectivity index (χ1v) is 10.9. The molecule has 7 nitrogen and oxygen atoms in total.